The monoisotopic (exact) mass is 334 g/mol. The van der Waals surface area contributed by atoms with Crippen LogP contribution in [-0.2, 0) is 6.54 Å². The van der Waals surface area contributed by atoms with E-state index in [1.807, 2.05) is 0 Å². The Bertz CT molecular complexity index is 370. The quantitative estimate of drug-likeness (QED) is 0.639. The summed E-state index contributed by atoms with van der Waals surface area (Å²) in [5.41, 5.74) is 5.18. The zero-order chi connectivity index (χ0) is 11.6. The zero-order valence-corrected chi connectivity index (χ0v) is 9.33. The summed E-state index contributed by atoms with van der Waals surface area (Å²) >= 11 is 1.59. The molecule has 3 N–H and O–H groups in total. The maximum absolute atomic E-state index is 12.0. The second-order valence-corrected chi connectivity index (χ2v) is 3.53. The highest BCUT2D eigenvalue weighted by Gasteiger charge is 2.34. The van der Waals surface area contributed by atoms with Gasteiger partial charge in [0, 0.05) is 18.3 Å². The second kappa shape index (κ2) is 4.39. The molecule has 0 bridgehead atoms. The fourth-order valence-electron chi connectivity index (χ4n) is 0.875. The molecule has 0 spiro atoms. The predicted molar refractivity (Wildman–Crippen MR) is 53.2 cm³/mol. The van der Waals surface area contributed by atoms with Crippen LogP contribution >= 0.6 is 22.6 Å². The maximum atomic E-state index is 12.0. The molecule has 0 aromatic carbocycles. The number of ether oxygens (including phenoxy) is 1. The number of pyridine rings is 1. The summed E-state index contributed by atoms with van der Waals surface area (Å²) in [6.45, 7) is -0.205. The molecule has 0 aliphatic carbocycles. The minimum Gasteiger partial charge on any atom is -0.502 e. The highest BCUT2D eigenvalue weighted by atomic mass is 127. The van der Waals surface area contributed by atoms with Gasteiger partial charge in [-0.1, -0.05) is 0 Å². The van der Waals surface area contributed by atoms with Gasteiger partial charge in [-0.15, -0.1) is 13.2 Å². The third-order valence-electron chi connectivity index (χ3n) is 1.47. The van der Waals surface area contributed by atoms with E-state index < -0.39 is 17.9 Å². The Hall–Kier alpha value is -0.770. The lowest BCUT2D eigenvalue weighted by Crippen LogP contribution is -2.19. The Morgan fingerprint density at radius 3 is 2.60 bits per heavy atom. The van der Waals surface area contributed by atoms with Gasteiger partial charge in [0.2, 0.25) is 0 Å². The summed E-state index contributed by atoms with van der Waals surface area (Å²) in [7, 11) is 0. The summed E-state index contributed by atoms with van der Waals surface area (Å²) < 4.78 is 39.6. The lowest BCUT2D eigenvalue weighted by molar-refractivity contribution is -0.275. The third-order valence-corrected chi connectivity index (χ3v) is 2.26. The minimum absolute atomic E-state index is 0.00904. The highest BCUT2D eigenvalue weighted by molar-refractivity contribution is 14.1. The molecule has 4 nitrogen and oxygen atoms in total. The molecule has 1 aromatic heterocycles. The van der Waals surface area contributed by atoms with Gasteiger partial charge in [0.15, 0.2) is 11.5 Å². The Morgan fingerprint density at radius 2 is 2.13 bits per heavy atom. The van der Waals surface area contributed by atoms with Crippen LogP contribution in [0.2, 0.25) is 0 Å². The van der Waals surface area contributed by atoms with Gasteiger partial charge in [-0.25, -0.2) is 4.98 Å². The van der Waals surface area contributed by atoms with Crippen molar-refractivity contribution in [1.29, 1.82) is 0 Å². The lowest BCUT2D eigenvalue weighted by Gasteiger charge is -2.13. The molecule has 8 heteroatoms. The van der Waals surface area contributed by atoms with Crippen molar-refractivity contribution >= 4 is 22.6 Å². The minimum atomic E-state index is -4.87. The number of nitrogens with zero attached hydrogens (tertiary/aromatic N) is 1. The van der Waals surface area contributed by atoms with E-state index in [-0.39, 0.29) is 15.8 Å². The van der Waals surface area contributed by atoms with Crippen LogP contribution in [0.5, 0.6) is 11.5 Å². The van der Waals surface area contributed by atoms with Crippen LogP contribution in [0.1, 0.15) is 5.56 Å². The average molecular weight is 334 g/mol. The van der Waals surface area contributed by atoms with E-state index in [1.54, 1.807) is 22.6 Å². The molecular formula is C7H6F3IN2O2. The van der Waals surface area contributed by atoms with E-state index >= 15 is 0 Å². The molecule has 1 heterocycles. The molecule has 0 atom stereocenters. The fraction of sp³-hybridized carbons (Fsp3) is 0.286. The van der Waals surface area contributed by atoms with Crippen molar-refractivity contribution in [3.8, 4) is 11.5 Å². The van der Waals surface area contributed by atoms with Crippen LogP contribution in [0.3, 0.4) is 0 Å². The Labute approximate surface area is 96.4 Å². The van der Waals surface area contributed by atoms with Gasteiger partial charge in [-0.2, -0.15) is 0 Å². The SMILES string of the molecule is NCc1cnc(I)c(O)c1OC(F)(F)F. The zero-order valence-electron chi connectivity index (χ0n) is 7.18. The summed E-state index contributed by atoms with van der Waals surface area (Å²) in [6, 6.07) is 0. The first-order chi connectivity index (χ1) is 6.85. The maximum Gasteiger partial charge on any atom is 0.573 e. The first-order valence-electron chi connectivity index (χ1n) is 3.67. The van der Waals surface area contributed by atoms with E-state index in [0.29, 0.717) is 0 Å². The molecular weight excluding hydrogens is 328 g/mol. The van der Waals surface area contributed by atoms with Crippen LogP contribution in [0.15, 0.2) is 6.20 Å². The van der Waals surface area contributed by atoms with Crippen molar-refractivity contribution in [2.45, 2.75) is 12.9 Å². The van der Waals surface area contributed by atoms with Crippen molar-refractivity contribution < 1.29 is 23.0 Å². The Morgan fingerprint density at radius 1 is 1.53 bits per heavy atom. The van der Waals surface area contributed by atoms with E-state index in [4.69, 9.17) is 5.73 Å². The summed E-state index contributed by atoms with van der Waals surface area (Å²) in [5.74, 6) is -1.35. The average Bonchev–Trinajstić information content (AvgIpc) is 2.11. The predicted octanol–water partition coefficient (Wildman–Crippen LogP) is 1.75. The summed E-state index contributed by atoms with van der Waals surface area (Å²) in [5, 5.41) is 9.32. The van der Waals surface area contributed by atoms with Gasteiger partial charge >= 0.3 is 6.36 Å². The first-order valence-corrected chi connectivity index (χ1v) is 4.75. The van der Waals surface area contributed by atoms with Crippen LogP contribution in [-0.4, -0.2) is 16.5 Å². The van der Waals surface area contributed by atoms with Gasteiger partial charge in [-0.05, 0) is 22.6 Å². The first kappa shape index (κ1) is 12.3. The van der Waals surface area contributed by atoms with E-state index in [9.17, 15) is 18.3 Å². The van der Waals surface area contributed by atoms with Crippen molar-refractivity contribution in [1.82, 2.24) is 4.98 Å². The molecule has 84 valence electrons. The molecule has 0 saturated carbocycles. The second-order valence-electron chi connectivity index (χ2n) is 2.50. The van der Waals surface area contributed by atoms with Gasteiger partial charge in [0.25, 0.3) is 0 Å². The largest absolute Gasteiger partial charge is 0.573 e. The molecule has 0 unspecified atom stereocenters. The number of hydrogen-bond donors (Lipinski definition) is 2. The van der Waals surface area contributed by atoms with Crippen LogP contribution < -0.4 is 10.5 Å². The van der Waals surface area contributed by atoms with Crippen LogP contribution in [0, 0.1) is 3.70 Å². The Kier molecular flexibility index (Phi) is 3.60. The van der Waals surface area contributed by atoms with Crippen molar-refractivity contribution in [3.63, 3.8) is 0 Å². The van der Waals surface area contributed by atoms with Gasteiger partial charge in [0.05, 0.1) is 0 Å². The number of alkyl halides is 3. The van der Waals surface area contributed by atoms with Crippen LogP contribution in [0.4, 0.5) is 13.2 Å². The number of aromatic hydroxyl groups is 1. The number of hydrogen-bond acceptors (Lipinski definition) is 4. The Balaban J connectivity index is 3.18. The third kappa shape index (κ3) is 3.09. The number of rotatable bonds is 2. The topological polar surface area (TPSA) is 68.4 Å². The fourth-order valence-corrected chi connectivity index (χ4v) is 1.26. The molecule has 0 saturated heterocycles. The molecule has 0 aliphatic heterocycles. The molecule has 0 radical (unpaired) electrons. The van der Waals surface area contributed by atoms with E-state index in [0.717, 1.165) is 6.20 Å². The number of nitrogens with two attached hydrogens (primary N) is 1. The van der Waals surface area contributed by atoms with Crippen molar-refractivity contribution in [2.75, 3.05) is 0 Å². The normalized spacial score (nSPS) is 11.5. The molecule has 1 aromatic rings. The van der Waals surface area contributed by atoms with E-state index in [2.05, 4.69) is 9.72 Å². The van der Waals surface area contributed by atoms with Gasteiger partial charge < -0.3 is 15.6 Å². The molecule has 0 aliphatic rings. The molecule has 0 amide bonds. The van der Waals surface area contributed by atoms with E-state index in [1.165, 1.54) is 0 Å². The van der Waals surface area contributed by atoms with Gasteiger partial charge in [-0.3, -0.25) is 0 Å². The highest BCUT2D eigenvalue weighted by Crippen LogP contribution is 2.36. The standard InChI is InChI=1S/C7H6F3IN2O2/c8-7(9,10)15-5-3(1-12)2-13-6(11)4(5)14/h2,14H,1,12H2. The van der Waals surface area contributed by atoms with Crippen molar-refractivity contribution in [3.05, 3.63) is 15.5 Å². The van der Waals surface area contributed by atoms with Gasteiger partial charge in [0.1, 0.15) is 3.70 Å². The van der Waals surface area contributed by atoms with Crippen molar-refractivity contribution in [2.24, 2.45) is 5.73 Å². The molecule has 15 heavy (non-hydrogen) atoms. The smallest absolute Gasteiger partial charge is 0.502 e. The molecule has 0 fully saturated rings. The number of halogens is 4. The lowest BCUT2D eigenvalue weighted by atomic mass is 10.2. The summed E-state index contributed by atoms with van der Waals surface area (Å²) in [4.78, 5) is 3.65. The molecule has 1 rings (SSSR count). The van der Waals surface area contributed by atoms with Crippen LogP contribution in [0.25, 0.3) is 0 Å². The number of aromatic nitrogens is 1. The summed E-state index contributed by atoms with van der Waals surface area (Å²) in [6.07, 6.45) is -3.74.